The van der Waals surface area contributed by atoms with Crippen molar-refractivity contribution in [2.45, 2.75) is 97.6 Å². The highest BCUT2D eigenvalue weighted by atomic mass is 28.4. The van der Waals surface area contributed by atoms with Gasteiger partial charge in [0, 0.05) is 12.7 Å². The molecular formula is C16H36O2Si. The lowest BCUT2D eigenvalue weighted by molar-refractivity contribution is 0.0313. The predicted molar refractivity (Wildman–Crippen MR) is 87.3 cm³/mol. The molecular weight excluding hydrogens is 252 g/mol. The fraction of sp³-hybridized carbons (Fsp3) is 1.00. The average Bonchev–Trinajstić information content (AvgIpc) is 2.25. The monoisotopic (exact) mass is 288 g/mol. The summed E-state index contributed by atoms with van der Waals surface area (Å²) in [6, 6.07) is 0. The van der Waals surface area contributed by atoms with Crippen LogP contribution < -0.4 is 0 Å². The molecule has 0 fully saturated rings. The highest BCUT2D eigenvalue weighted by molar-refractivity contribution is 6.69. The van der Waals surface area contributed by atoms with Crippen LogP contribution in [0.1, 0.15) is 65.7 Å². The smallest absolute Gasteiger partial charge is 0.184 e. The van der Waals surface area contributed by atoms with Gasteiger partial charge in [0.2, 0.25) is 0 Å². The van der Waals surface area contributed by atoms with Crippen LogP contribution in [0.15, 0.2) is 0 Å². The summed E-state index contributed by atoms with van der Waals surface area (Å²) in [6.07, 6.45) is 9.62. The lowest BCUT2D eigenvalue weighted by atomic mass is 10.1. The Morgan fingerprint density at radius 2 is 1.42 bits per heavy atom. The van der Waals surface area contributed by atoms with Gasteiger partial charge in [-0.05, 0) is 46.3 Å². The van der Waals surface area contributed by atoms with Crippen molar-refractivity contribution in [1.82, 2.24) is 0 Å². The Balaban J connectivity index is 3.46. The topological polar surface area (TPSA) is 18.5 Å². The highest BCUT2D eigenvalue weighted by Crippen LogP contribution is 2.13. The van der Waals surface area contributed by atoms with E-state index < -0.39 is 8.32 Å². The summed E-state index contributed by atoms with van der Waals surface area (Å²) in [5, 5.41) is 0. The maximum atomic E-state index is 6.04. The van der Waals surface area contributed by atoms with Gasteiger partial charge in [-0.25, -0.2) is 0 Å². The Labute approximate surface area is 122 Å². The third kappa shape index (κ3) is 14.4. The van der Waals surface area contributed by atoms with Gasteiger partial charge in [-0.2, -0.15) is 0 Å². The van der Waals surface area contributed by atoms with Crippen LogP contribution in [-0.4, -0.2) is 27.1 Å². The van der Waals surface area contributed by atoms with E-state index in [0.29, 0.717) is 12.2 Å². The van der Waals surface area contributed by atoms with Gasteiger partial charge in [-0.1, -0.05) is 39.0 Å². The van der Waals surface area contributed by atoms with E-state index in [1.807, 2.05) is 0 Å². The molecule has 0 N–H and O–H groups in total. The van der Waals surface area contributed by atoms with E-state index in [2.05, 4.69) is 40.4 Å². The van der Waals surface area contributed by atoms with Crippen molar-refractivity contribution < 1.29 is 9.16 Å². The minimum Gasteiger partial charge on any atom is -0.415 e. The van der Waals surface area contributed by atoms with Crippen molar-refractivity contribution in [3.05, 3.63) is 0 Å². The van der Waals surface area contributed by atoms with Gasteiger partial charge < -0.3 is 9.16 Å². The maximum absolute atomic E-state index is 6.04. The van der Waals surface area contributed by atoms with Gasteiger partial charge >= 0.3 is 0 Å². The van der Waals surface area contributed by atoms with Crippen LogP contribution in [0.2, 0.25) is 19.6 Å². The van der Waals surface area contributed by atoms with Gasteiger partial charge in [-0.15, -0.1) is 0 Å². The molecule has 2 atom stereocenters. The molecule has 0 aliphatic heterocycles. The Morgan fingerprint density at radius 1 is 0.842 bits per heavy atom. The largest absolute Gasteiger partial charge is 0.415 e. The van der Waals surface area contributed by atoms with Crippen molar-refractivity contribution >= 4 is 8.32 Å². The molecule has 0 saturated carbocycles. The first kappa shape index (κ1) is 19.1. The predicted octanol–water partition coefficient (Wildman–Crippen LogP) is 5.38. The molecule has 0 aromatic heterocycles. The molecule has 0 spiro atoms. The highest BCUT2D eigenvalue weighted by Gasteiger charge is 2.19. The minimum atomic E-state index is -1.40. The molecule has 0 aromatic carbocycles. The lowest BCUT2D eigenvalue weighted by Gasteiger charge is -2.25. The van der Waals surface area contributed by atoms with E-state index in [1.54, 1.807) is 0 Å². The number of unbranched alkanes of at least 4 members (excludes halogenated alkanes) is 5. The minimum absolute atomic E-state index is 0.321. The van der Waals surface area contributed by atoms with E-state index in [4.69, 9.17) is 9.16 Å². The molecule has 0 bridgehead atoms. The quantitative estimate of drug-likeness (QED) is 0.354. The van der Waals surface area contributed by atoms with Gasteiger partial charge in [0.15, 0.2) is 8.32 Å². The van der Waals surface area contributed by atoms with Crippen molar-refractivity contribution in [3.63, 3.8) is 0 Å². The SMILES string of the molecule is CCCCCCCCOC(C)CC(C)O[Si](C)(C)C. The van der Waals surface area contributed by atoms with E-state index >= 15 is 0 Å². The molecule has 3 heteroatoms. The molecule has 0 rings (SSSR count). The Hall–Kier alpha value is 0.137. The second kappa shape index (κ2) is 10.9. The number of rotatable bonds is 12. The second-order valence-electron chi connectivity index (χ2n) is 6.73. The zero-order valence-electron chi connectivity index (χ0n) is 14.1. The summed E-state index contributed by atoms with van der Waals surface area (Å²) < 4.78 is 11.9. The van der Waals surface area contributed by atoms with Crippen LogP contribution in [0.25, 0.3) is 0 Å². The Bertz CT molecular complexity index is 201. The normalized spacial score (nSPS) is 15.5. The average molecular weight is 289 g/mol. The summed E-state index contributed by atoms with van der Waals surface area (Å²) in [6.45, 7) is 14.2. The number of hydrogen-bond donors (Lipinski definition) is 0. The molecule has 0 aliphatic rings. The first-order chi connectivity index (χ1) is 8.85. The van der Waals surface area contributed by atoms with Gasteiger partial charge in [-0.3, -0.25) is 0 Å². The van der Waals surface area contributed by atoms with Crippen LogP contribution in [0.4, 0.5) is 0 Å². The molecule has 2 nitrogen and oxygen atoms in total. The van der Waals surface area contributed by atoms with Crippen molar-refractivity contribution in [2.24, 2.45) is 0 Å². The van der Waals surface area contributed by atoms with E-state index in [1.165, 1.54) is 38.5 Å². The molecule has 0 aliphatic carbocycles. The zero-order valence-corrected chi connectivity index (χ0v) is 15.1. The second-order valence-corrected chi connectivity index (χ2v) is 11.2. The molecule has 2 unspecified atom stereocenters. The van der Waals surface area contributed by atoms with Gasteiger partial charge in [0.25, 0.3) is 0 Å². The molecule has 0 radical (unpaired) electrons. The van der Waals surface area contributed by atoms with Gasteiger partial charge in [0.05, 0.1) is 6.10 Å². The Morgan fingerprint density at radius 3 is 2.00 bits per heavy atom. The standard InChI is InChI=1S/C16H36O2Si/c1-7-8-9-10-11-12-13-17-15(2)14-16(3)18-19(4,5)6/h15-16H,7-14H2,1-6H3. The molecule has 0 aromatic rings. The van der Waals surface area contributed by atoms with E-state index in [9.17, 15) is 0 Å². The third-order valence-electron chi connectivity index (χ3n) is 3.12. The summed E-state index contributed by atoms with van der Waals surface area (Å²) >= 11 is 0. The fourth-order valence-corrected chi connectivity index (χ4v) is 3.66. The van der Waals surface area contributed by atoms with Crippen LogP contribution in [-0.2, 0) is 9.16 Å². The molecule has 116 valence electrons. The fourth-order valence-electron chi connectivity index (χ4n) is 2.35. The van der Waals surface area contributed by atoms with E-state index in [0.717, 1.165) is 13.0 Å². The van der Waals surface area contributed by atoms with Crippen LogP contribution in [0.5, 0.6) is 0 Å². The molecule has 0 heterocycles. The van der Waals surface area contributed by atoms with Gasteiger partial charge in [0.1, 0.15) is 0 Å². The van der Waals surface area contributed by atoms with Crippen LogP contribution >= 0.6 is 0 Å². The molecule has 0 saturated heterocycles. The summed E-state index contributed by atoms with van der Waals surface area (Å²) in [4.78, 5) is 0. The van der Waals surface area contributed by atoms with Crippen LogP contribution in [0.3, 0.4) is 0 Å². The zero-order chi connectivity index (χ0) is 14.7. The van der Waals surface area contributed by atoms with Crippen LogP contribution in [0, 0.1) is 0 Å². The summed E-state index contributed by atoms with van der Waals surface area (Å²) in [5.74, 6) is 0. The van der Waals surface area contributed by atoms with E-state index in [-0.39, 0.29) is 0 Å². The lowest BCUT2D eigenvalue weighted by Crippen LogP contribution is -2.32. The van der Waals surface area contributed by atoms with Crippen molar-refractivity contribution in [3.8, 4) is 0 Å². The molecule has 19 heavy (non-hydrogen) atoms. The van der Waals surface area contributed by atoms with Crippen molar-refractivity contribution in [2.75, 3.05) is 6.61 Å². The number of hydrogen-bond acceptors (Lipinski definition) is 2. The van der Waals surface area contributed by atoms with Crippen molar-refractivity contribution in [1.29, 1.82) is 0 Å². The first-order valence-corrected chi connectivity index (χ1v) is 11.6. The summed E-state index contributed by atoms with van der Waals surface area (Å²) in [7, 11) is -1.40. The molecule has 0 amide bonds. The third-order valence-corrected chi connectivity index (χ3v) is 4.23. The maximum Gasteiger partial charge on any atom is 0.184 e. The summed E-state index contributed by atoms with van der Waals surface area (Å²) in [5.41, 5.74) is 0. The number of ether oxygens (including phenoxy) is 1. The Kier molecular flexibility index (Phi) is 10.9. The first-order valence-electron chi connectivity index (χ1n) is 8.14.